The third kappa shape index (κ3) is 4.56. The number of ether oxygens (including phenoxy) is 1. The number of hydrogen-bond acceptors (Lipinski definition) is 6. The minimum atomic E-state index is -2.88. The number of amides is 1. The van der Waals surface area contributed by atoms with Gasteiger partial charge in [-0.3, -0.25) is 4.79 Å². The number of anilines is 1. The molecule has 0 spiro atoms. The second kappa shape index (κ2) is 8.51. The maximum absolute atomic E-state index is 12.3. The Balaban J connectivity index is 1.65. The van der Waals surface area contributed by atoms with Gasteiger partial charge in [0.05, 0.1) is 0 Å². The van der Waals surface area contributed by atoms with E-state index in [0.29, 0.717) is 23.0 Å². The van der Waals surface area contributed by atoms with E-state index >= 15 is 0 Å². The maximum Gasteiger partial charge on any atom is 0.387 e. The second-order valence-electron chi connectivity index (χ2n) is 6.02. The molecule has 148 valence electrons. The van der Waals surface area contributed by atoms with Gasteiger partial charge in [-0.1, -0.05) is 11.8 Å². The van der Waals surface area contributed by atoms with Crippen LogP contribution >= 0.6 is 11.8 Å². The highest BCUT2D eigenvalue weighted by molar-refractivity contribution is 7.98. The average molecular weight is 407 g/mol. The van der Waals surface area contributed by atoms with Gasteiger partial charge in [0.25, 0.3) is 5.78 Å². The fourth-order valence-corrected chi connectivity index (χ4v) is 3.16. The Morgan fingerprint density at radius 2 is 1.96 bits per heavy atom. The van der Waals surface area contributed by atoms with Gasteiger partial charge < -0.3 is 10.1 Å². The lowest BCUT2D eigenvalue weighted by molar-refractivity contribution is -0.116. The van der Waals surface area contributed by atoms with Crippen molar-refractivity contribution in [1.82, 2.24) is 19.6 Å². The molecule has 1 N–H and O–H groups in total. The summed E-state index contributed by atoms with van der Waals surface area (Å²) in [6.07, 6.45) is 2.64. The zero-order valence-corrected chi connectivity index (χ0v) is 16.4. The Kier molecular flexibility index (Phi) is 6.08. The molecule has 0 saturated heterocycles. The summed E-state index contributed by atoms with van der Waals surface area (Å²) in [6, 6.07) is 5.78. The van der Waals surface area contributed by atoms with Crippen LogP contribution in [0.25, 0.3) is 5.78 Å². The van der Waals surface area contributed by atoms with E-state index in [1.165, 1.54) is 36.0 Å². The third-order valence-electron chi connectivity index (χ3n) is 4.18. The van der Waals surface area contributed by atoms with Crippen LogP contribution in [0.4, 0.5) is 14.5 Å². The van der Waals surface area contributed by atoms with Gasteiger partial charge in [-0.05, 0) is 56.4 Å². The lowest BCUT2D eigenvalue weighted by atomic mass is 10.1. The number of nitrogens with zero attached hydrogens (tertiary/aromatic N) is 4. The van der Waals surface area contributed by atoms with Crippen molar-refractivity contribution in [1.29, 1.82) is 0 Å². The number of fused-ring (bicyclic) bond motifs is 1. The van der Waals surface area contributed by atoms with Gasteiger partial charge in [0.15, 0.2) is 0 Å². The molecule has 0 bridgehead atoms. The molecule has 3 aromatic rings. The van der Waals surface area contributed by atoms with Crippen molar-refractivity contribution < 1.29 is 18.3 Å². The highest BCUT2D eigenvalue weighted by Crippen LogP contribution is 2.20. The number of aryl methyl sites for hydroxylation is 2. The molecule has 2 heterocycles. The molecule has 0 aliphatic heterocycles. The number of rotatable bonds is 7. The Morgan fingerprint density at radius 1 is 1.25 bits per heavy atom. The van der Waals surface area contributed by atoms with Crippen LogP contribution in [0.1, 0.15) is 23.4 Å². The van der Waals surface area contributed by atoms with Gasteiger partial charge in [0.2, 0.25) is 11.1 Å². The number of thioether (sulfide) groups is 1. The maximum atomic E-state index is 12.3. The predicted molar refractivity (Wildman–Crippen MR) is 102 cm³/mol. The Labute approximate surface area is 164 Å². The summed E-state index contributed by atoms with van der Waals surface area (Å²) in [7, 11) is 0. The number of nitrogens with one attached hydrogen (secondary N) is 1. The molecule has 3 rings (SSSR count). The molecule has 0 aliphatic carbocycles. The highest BCUT2D eigenvalue weighted by Gasteiger charge is 2.14. The number of hydrogen-bond donors (Lipinski definition) is 1. The van der Waals surface area contributed by atoms with E-state index in [4.69, 9.17) is 0 Å². The van der Waals surface area contributed by atoms with Crippen LogP contribution in [0.15, 0.2) is 29.4 Å². The van der Waals surface area contributed by atoms with Crippen molar-refractivity contribution in [3.05, 3.63) is 41.2 Å². The van der Waals surface area contributed by atoms with E-state index in [1.54, 1.807) is 4.52 Å². The van der Waals surface area contributed by atoms with Crippen molar-refractivity contribution in [2.24, 2.45) is 0 Å². The first-order valence-corrected chi connectivity index (χ1v) is 9.71. The van der Waals surface area contributed by atoms with Crippen LogP contribution in [0.5, 0.6) is 5.75 Å². The zero-order chi connectivity index (χ0) is 20.3. The van der Waals surface area contributed by atoms with Crippen molar-refractivity contribution in [2.45, 2.75) is 38.5 Å². The van der Waals surface area contributed by atoms with Crippen molar-refractivity contribution in [3.63, 3.8) is 0 Å². The average Bonchev–Trinajstić information content (AvgIpc) is 3.06. The van der Waals surface area contributed by atoms with Gasteiger partial charge in [0, 0.05) is 23.5 Å². The SMILES string of the molecule is CSc1nc2nc(C)c(CCC(=O)Nc3ccc(OC(F)F)cc3)c(C)n2n1. The van der Waals surface area contributed by atoms with E-state index in [-0.39, 0.29) is 18.1 Å². The predicted octanol–water partition coefficient (Wildman–Crippen LogP) is 3.64. The largest absolute Gasteiger partial charge is 0.435 e. The van der Waals surface area contributed by atoms with Crippen LogP contribution in [0.3, 0.4) is 0 Å². The van der Waals surface area contributed by atoms with E-state index in [1.807, 2.05) is 20.1 Å². The molecule has 0 radical (unpaired) electrons. The van der Waals surface area contributed by atoms with Crippen molar-refractivity contribution in [2.75, 3.05) is 11.6 Å². The molecule has 1 amide bonds. The first-order valence-electron chi connectivity index (χ1n) is 8.49. The minimum absolute atomic E-state index is 0.0380. The van der Waals surface area contributed by atoms with E-state index in [2.05, 4.69) is 25.1 Å². The molecule has 7 nitrogen and oxygen atoms in total. The topological polar surface area (TPSA) is 81.4 Å². The van der Waals surface area contributed by atoms with Gasteiger partial charge >= 0.3 is 6.61 Å². The number of halogens is 2. The number of benzene rings is 1. The summed E-state index contributed by atoms with van der Waals surface area (Å²) >= 11 is 1.44. The molecule has 10 heteroatoms. The summed E-state index contributed by atoms with van der Waals surface area (Å²) < 4.78 is 30.3. The quantitative estimate of drug-likeness (QED) is 0.603. The second-order valence-corrected chi connectivity index (χ2v) is 6.80. The minimum Gasteiger partial charge on any atom is -0.435 e. The molecule has 28 heavy (non-hydrogen) atoms. The summed E-state index contributed by atoms with van der Waals surface area (Å²) in [5.74, 6) is 0.388. The van der Waals surface area contributed by atoms with Crippen molar-refractivity contribution >= 4 is 29.1 Å². The molecule has 0 atom stereocenters. The first-order chi connectivity index (χ1) is 13.4. The van der Waals surface area contributed by atoms with E-state index in [0.717, 1.165) is 17.0 Å². The lowest BCUT2D eigenvalue weighted by Gasteiger charge is -2.11. The Morgan fingerprint density at radius 3 is 2.61 bits per heavy atom. The fraction of sp³-hybridized carbons (Fsp3) is 0.333. The fourth-order valence-electron chi connectivity index (χ4n) is 2.82. The summed E-state index contributed by atoms with van der Waals surface area (Å²) in [5.41, 5.74) is 3.17. The summed E-state index contributed by atoms with van der Waals surface area (Å²) in [5, 5.41) is 7.78. The van der Waals surface area contributed by atoms with Crippen LogP contribution in [-0.2, 0) is 11.2 Å². The van der Waals surface area contributed by atoms with Gasteiger partial charge in [-0.25, -0.2) is 9.50 Å². The van der Waals surface area contributed by atoms with Crippen LogP contribution in [0, 0.1) is 13.8 Å². The molecule has 0 unspecified atom stereocenters. The zero-order valence-electron chi connectivity index (χ0n) is 15.6. The van der Waals surface area contributed by atoms with Crippen LogP contribution < -0.4 is 10.1 Å². The monoisotopic (exact) mass is 407 g/mol. The highest BCUT2D eigenvalue weighted by atomic mass is 32.2. The molecule has 0 fully saturated rings. The van der Waals surface area contributed by atoms with Crippen LogP contribution in [0.2, 0.25) is 0 Å². The van der Waals surface area contributed by atoms with Crippen LogP contribution in [-0.4, -0.2) is 38.4 Å². The molecule has 0 aliphatic rings. The van der Waals surface area contributed by atoms with Gasteiger partial charge in [-0.15, -0.1) is 5.10 Å². The first kappa shape index (κ1) is 20.0. The molecular formula is C18H19F2N5O2S. The van der Waals surface area contributed by atoms with E-state index < -0.39 is 6.61 Å². The summed E-state index contributed by atoms with van der Waals surface area (Å²) in [4.78, 5) is 21.1. The Bertz CT molecular complexity index is 992. The Hall–Kier alpha value is -2.75. The third-order valence-corrected chi connectivity index (χ3v) is 4.72. The molecule has 0 saturated carbocycles. The number of carbonyl (C=O) groups excluding carboxylic acids is 1. The summed E-state index contributed by atoms with van der Waals surface area (Å²) in [6.45, 7) is 0.931. The smallest absolute Gasteiger partial charge is 0.387 e. The lowest BCUT2D eigenvalue weighted by Crippen LogP contribution is -2.14. The van der Waals surface area contributed by atoms with E-state index in [9.17, 15) is 13.6 Å². The number of alkyl halides is 2. The number of carbonyl (C=O) groups is 1. The van der Waals surface area contributed by atoms with Gasteiger partial charge in [-0.2, -0.15) is 13.8 Å². The standard InChI is InChI=1S/C18H19F2N5O2S/c1-10-14(11(2)25-17(21-10)23-18(24-25)28-3)8-9-15(26)22-12-4-6-13(7-5-12)27-16(19)20/h4-7,16H,8-9H2,1-3H3,(H,22,26). The van der Waals surface area contributed by atoms with Gasteiger partial charge in [0.1, 0.15) is 5.75 Å². The molecule has 2 aromatic heterocycles. The number of aromatic nitrogens is 4. The molecular weight excluding hydrogens is 388 g/mol. The molecule has 1 aromatic carbocycles. The normalized spacial score (nSPS) is 11.2. The van der Waals surface area contributed by atoms with Crippen molar-refractivity contribution in [3.8, 4) is 5.75 Å².